The fraction of sp³-hybridized carbons (Fsp3) is 0.194. The highest BCUT2D eigenvalue weighted by Crippen LogP contribution is 2.44. The zero-order valence-corrected chi connectivity index (χ0v) is 25.0. The van der Waals surface area contributed by atoms with Gasteiger partial charge in [-0.15, -0.1) is 0 Å². The smallest absolute Gasteiger partial charge is 0.265 e. The van der Waals surface area contributed by atoms with Crippen LogP contribution in [0.25, 0.3) is 22.3 Å². The number of nitrogens with zero attached hydrogens (tertiary/aromatic N) is 4. The van der Waals surface area contributed by atoms with Crippen molar-refractivity contribution in [2.75, 3.05) is 37.2 Å². The van der Waals surface area contributed by atoms with Gasteiger partial charge in [-0.05, 0) is 53.6 Å². The zero-order chi connectivity index (χ0) is 30.3. The molecule has 12 heteroatoms. The van der Waals surface area contributed by atoms with E-state index in [-0.39, 0.29) is 34.9 Å². The Bertz CT molecular complexity index is 1950. The van der Waals surface area contributed by atoms with Crippen LogP contribution < -0.4 is 9.86 Å². The average Bonchev–Trinajstić information content (AvgIpc) is 3.49. The molecule has 0 atom stereocenters. The molecule has 43 heavy (non-hydrogen) atoms. The molecule has 2 aliphatic rings. The van der Waals surface area contributed by atoms with E-state index in [1.54, 1.807) is 53.4 Å². The number of benzene rings is 3. The van der Waals surface area contributed by atoms with E-state index in [1.165, 1.54) is 33.1 Å². The van der Waals surface area contributed by atoms with Crippen LogP contribution in [0.4, 0.5) is 5.82 Å². The summed E-state index contributed by atoms with van der Waals surface area (Å²) in [6.07, 6.45) is 0. The lowest BCUT2D eigenvalue weighted by Gasteiger charge is -2.29. The van der Waals surface area contributed by atoms with Gasteiger partial charge >= 0.3 is 0 Å². The van der Waals surface area contributed by atoms with Crippen LogP contribution in [0.15, 0.2) is 82.5 Å². The number of rotatable bonds is 5. The lowest BCUT2D eigenvalue weighted by Crippen LogP contribution is -2.43. The molecule has 0 aliphatic carbocycles. The van der Waals surface area contributed by atoms with Crippen LogP contribution in [0.2, 0.25) is 10.0 Å². The Morgan fingerprint density at radius 3 is 2.05 bits per heavy atom. The summed E-state index contributed by atoms with van der Waals surface area (Å²) in [6, 6.07) is 21.2. The number of fused-ring (bicyclic) bond motifs is 1. The molecule has 9 nitrogen and oxygen atoms in total. The minimum absolute atomic E-state index is 0.0240. The second kappa shape index (κ2) is 11.5. The van der Waals surface area contributed by atoms with Gasteiger partial charge in [0, 0.05) is 40.8 Å². The molecule has 2 aliphatic heterocycles. The van der Waals surface area contributed by atoms with Crippen LogP contribution in [-0.4, -0.2) is 56.6 Å². The SMILES string of the molecule is N#Cc1cccc(S(=O)(=O)N2CCn3c2c(-c2ccc(Cl)cc2)c(-c2ccc(Cl)cc2)c(C(=O)N2CCOCC2)c3=O)c1. The Labute approximate surface area is 258 Å². The highest BCUT2D eigenvalue weighted by atomic mass is 35.5. The van der Waals surface area contributed by atoms with E-state index in [0.717, 1.165) is 0 Å². The standard InChI is InChI=1S/C31H24Cl2N4O5S/c32-23-8-4-21(5-9-23)26-27(22-6-10-24(33)11-7-22)29-36(31(39)28(26)30(38)35-14-16-42-17-15-35)12-13-37(29)43(40,41)25-3-1-2-20(18-25)19-34/h1-11,18H,12-17H2. The Kier molecular flexibility index (Phi) is 7.75. The second-order valence-electron chi connectivity index (χ2n) is 10.0. The summed E-state index contributed by atoms with van der Waals surface area (Å²) in [5.41, 5.74) is 1.27. The van der Waals surface area contributed by atoms with E-state index in [2.05, 4.69) is 0 Å². The Balaban J connectivity index is 1.70. The molecule has 1 fully saturated rings. The topological polar surface area (TPSA) is 113 Å². The molecule has 3 aromatic carbocycles. The third kappa shape index (κ3) is 5.19. The number of hydrogen-bond donors (Lipinski definition) is 0. The summed E-state index contributed by atoms with van der Waals surface area (Å²) < 4.78 is 36.3. The monoisotopic (exact) mass is 634 g/mol. The number of amides is 1. The first kappa shape index (κ1) is 29.0. The van der Waals surface area contributed by atoms with Gasteiger partial charge in [0.2, 0.25) is 0 Å². The number of hydrogen-bond acceptors (Lipinski definition) is 6. The van der Waals surface area contributed by atoms with E-state index in [0.29, 0.717) is 58.6 Å². The van der Waals surface area contributed by atoms with Gasteiger partial charge in [-0.25, -0.2) is 12.7 Å². The minimum atomic E-state index is -4.24. The molecule has 1 saturated heterocycles. The van der Waals surface area contributed by atoms with Gasteiger partial charge in [-0.1, -0.05) is 53.5 Å². The number of pyridine rings is 1. The molecule has 6 rings (SSSR count). The molecule has 3 heterocycles. The summed E-state index contributed by atoms with van der Waals surface area (Å²) in [5, 5.41) is 10.3. The van der Waals surface area contributed by atoms with Crippen molar-refractivity contribution in [3.05, 3.63) is 104 Å². The van der Waals surface area contributed by atoms with Crippen molar-refractivity contribution in [1.82, 2.24) is 9.47 Å². The number of halogens is 2. The quantitative estimate of drug-likeness (QED) is 0.304. The van der Waals surface area contributed by atoms with Gasteiger partial charge in [-0.2, -0.15) is 5.26 Å². The Morgan fingerprint density at radius 2 is 1.44 bits per heavy atom. The molecule has 0 unspecified atom stereocenters. The lowest BCUT2D eigenvalue weighted by molar-refractivity contribution is 0.0302. The fourth-order valence-electron chi connectivity index (χ4n) is 5.48. The lowest BCUT2D eigenvalue weighted by atomic mass is 9.90. The van der Waals surface area contributed by atoms with Crippen LogP contribution in [0.1, 0.15) is 15.9 Å². The molecule has 1 amide bonds. The number of nitriles is 1. The number of sulfonamides is 1. The third-order valence-electron chi connectivity index (χ3n) is 7.53. The van der Waals surface area contributed by atoms with Crippen LogP contribution in [0, 0.1) is 11.3 Å². The van der Waals surface area contributed by atoms with E-state index in [9.17, 15) is 23.3 Å². The molecular weight excluding hydrogens is 611 g/mol. The van der Waals surface area contributed by atoms with Gasteiger partial charge in [0.25, 0.3) is 21.5 Å². The summed E-state index contributed by atoms with van der Waals surface area (Å²) in [4.78, 5) is 30.0. The maximum Gasteiger partial charge on any atom is 0.265 e. The van der Waals surface area contributed by atoms with Crippen molar-refractivity contribution in [2.45, 2.75) is 11.4 Å². The number of ether oxygens (including phenoxy) is 1. The number of aromatic nitrogens is 1. The first-order valence-electron chi connectivity index (χ1n) is 13.4. The largest absolute Gasteiger partial charge is 0.378 e. The van der Waals surface area contributed by atoms with Crippen LogP contribution in [-0.2, 0) is 21.3 Å². The van der Waals surface area contributed by atoms with E-state index >= 15 is 0 Å². The van der Waals surface area contributed by atoms with Gasteiger partial charge < -0.3 is 9.64 Å². The minimum Gasteiger partial charge on any atom is -0.378 e. The molecular formula is C31H24Cl2N4O5S. The highest BCUT2D eigenvalue weighted by molar-refractivity contribution is 7.92. The number of morpholine rings is 1. The van der Waals surface area contributed by atoms with Gasteiger partial charge in [0.1, 0.15) is 11.4 Å². The first-order valence-corrected chi connectivity index (χ1v) is 15.6. The summed E-state index contributed by atoms with van der Waals surface area (Å²) in [5.74, 6) is -0.343. The van der Waals surface area contributed by atoms with Gasteiger partial charge in [0.05, 0.1) is 36.3 Å². The molecule has 0 saturated carbocycles. The third-order valence-corrected chi connectivity index (χ3v) is 9.82. The Hall–Kier alpha value is -4.14. The number of anilines is 1. The van der Waals surface area contributed by atoms with Gasteiger partial charge in [0.15, 0.2) is 0 Å². The van der Waals surface area contributed by atoms with E-state index in [4.69, 9.17) is 27.9 Å². The molecule has 1 aromatic heterocycles. The number of carbonyl (C=O) groups excluding carboxylic acids is 1. The van der Waals surface area contributed by atoms with Crippen LogP contribution in [0.3, 0.4) is 0 Å². The average molecular weight is 636 g/mol. The zero-order valence-electron chi connectivity index (χ0n) is 22.7. The van der Waals surface area contributed by atoms with E-state index in [1.807, 2.05) is 6.07 Å². The van der Waals surface area contributed by atoms with Crippen LogP contribution >= 0.6 is 23.2 Å². The molecule has 0 spiro atoms. The number of carbonyl (C=O) groups is 1. The van der Waals surface area contributed by atoms with Crippen molar-refractivity contribution in [2.24, 2.45) is 0 Å². The summed E-state index contributed by atoms with van der Waals surface area (Å²) in [6.45, 7) is 1.27. The van der Waals surface area contributed by atoms with Crippen molar-refractivity contribution >= 4 is 45.0 Å². The molecule has 0 bridgehead atoms. The highest BCUT2D eigenvalue weighted by Gasteiger charge is 2.39. The molecule has 4 aromatic rings. The summed E-state index contributed by atoms with van der Waals surface area (Å²) in [7, 11) is -4.24. The maximum absolute atomic E-state index is 14.3. The molecule has 218 valence electrons. The van der Waals surface area contributed by atoms with Crippen molar-refractivity contribution in [3.63, 3.8) is 0 Å². The van der Waals surface area contributed by atoms with E-state index < -0.39 is 21.5 Å². The van der Waals surface area contributed by atoms with Crippen LogP contribution in [0.5, 0.6) is 0 Å². The molecule has 0 N–H and O–H groups in total. The van der Waals surface area contributed by atoms with Crippen molar-refractivity contribution in [3.8, 4) is 28.3 Å². The second-order valence-corrected chi connectivity index (χ2v) is 12.8. The fourth-order valence-corrected chi connectivity index (χ4v) is 7.25. The predicted octanol–water partition coefficient (Wildman–Crippen LogP) is 5.04. The molecule has 0 radical (unpaired) electrons. The first-order chi connectivity index (χ1) is 20.7. The van der Waals surface area contributed by atoms with Gasteiger partial charge in [-0.3, -0.25) is 14.2 Å². The van der Waals surface area contributed by atoms with Crippen molar-refractivity contribution in [1.29, 1.82) is 5.26 Å². The van der Waals surface area contributed by atoms with Crippen molar-refractivity contribution < 1.29 is 17.9 Å². The normalized spacial score (nSPS) is 14.8. The predicted molar refractivity (Wildman–Crippen MR) is 164 cm³/mol. The summed E-state index contributed by atoms with van der Waals surface area (Å²) >= 11 is 12.5. The Morgan fingerprint density at radius 1 is 0.837 bits per heavy atom. The maximum atomic E-state index is 14.3.